The average molecular weight is 276 g/mol. The van der Waals surface area contributed by atoms with Crippen LogP contribution in [0.15, 0.2) is 30.3 Å². The summed E-state index contributed by atoms with van der Waals surface area (Å²) in [7, 11) is 0. The van der Waals surface area contributed by atoms with E-state index >= 15 is 0 Å². The zero-order valence-corrected chi connectivity index (χ0v) is 11.7. The van der Waals surface area contributed by atoms with Crippen molar-refractivity contribution in [3.05, 3.63) is 35.9 Å². The molecule has 108 valence electrons. The summed E-state index contributed by atoms with van der Waals surface area (Å²) in [6.07, 6.45) is 3.39. The van der Waals surface area contributed by atoms with Gasteiger partial charge in [0.2, 0.25) is 5.91 Å². The van der Waals surface area contributed by atoms with E-state index in [1.807, 2.05) is 13.8 Å². The molecule has 4 N–H and O–H groups in total. The van der Waals surface area contributed by atoms with Gasteiger partial charge >= 0.3 is 5.97 Å². The van der Waals surface area contributed by atoms with Gasteiger partial charge in [0, 0.05) is 11.8 Å². The van der Waals surface area contributed by atoms with E-state index in [9.17, 15) is 9.59 Å². The van der Waals surface area contributed by atoms with E-state index in [2.05, 4.69) is 5.32 Å². The van der Waals surface area contributed by atoms with Crippen molar-refractivity contribution in [1.29, 1.82) is 0 Å². The van der Waals surface area contributed by atoms with Crippen LogP contribution in [0.25, 0.3) is 6.08 Å². The largest absolute Gasteiger partial charge is 0.478 e. The summed E-state index contributed by atoms with van der Waals surface area (Å²) < 4.78 is 0. The topological polar surface area (TPSA) is 92.4 Å². The molecule has 0 aromatic heterocycles. The molecule has 20 heavy (non-hydrogen) atoms. The molecule has 0 heterocycles. The Bertz CT molecular complexity index is 494. The molecule has 0 aliphatic rings. The molecule has 0 spiro atoms. The first-order valence-corrected chi connectivity index (χ1v) is 6.51. The molecular weight excluding hydrogens is 256 g/mol. The summed E-state index contributed by atoms with van der Waals surface area (Å²) in [6, 6.07) is 6.34. The number of nitrogens with one attached hydrogen (secondary N) is 1. The third kappa shape index (κ3) is 4.85. The Labute approximate surface area is 118 Å². The molecule has 0 radical (unpaired) electrons. The van der Waals surface area contributed by atoms with Crippen molar-refractivity contribution in [2.45, 2.75) is 26.3 Å². The predicted molar refractivity (Wildman–Crippen MR) is 79.2 cm³/mol. The van der Waals surface area contributed by atoms with Crippen molar-refractivity contribution in [2.75, 3.05) is 5.32 Å². The summed E-state index contributed by atoms with van der Waals surface area (Å²) in [5.74, 6) is -1.09. The second kappa shape index (κ2) is 7.45. The van der Waals surface area contributed by atoms with Crippen LogP contribution >= 0.6 is 0 Å². The minimum atomic E-state index is -0.998. The zero-order valence-electron chi connectivity index (χ0n) is 11.7. The molecule has 0 bridgehead atoms. The van der Waals surface area contributed by atoms with Crippen LogP contribution in [0.5, 0.6) is 0 Å². The molecule has 2 unspecified atom stereocenters. The first kappa shape index (κ1) is 15.9. The van der Waals surface area contributed by atoms with Gasteiger partial charge < -0.3 is 16.2 Å². The first-order chi connectivity index (χ1) is 9.43. The highest BCUT2D eigenvalue weighted by Gasteiger charge is 2.19. The summed E-state index contributed by atoms with van der Waals surface area (Å²) in [6.45, 7) is 3.92. The van der Waals surface area contributed by atoms with Gasteiger partial charge in [-0.3, -0.25) is 4.79 Å². The van der Waals surface area contributed by atoms with Crippen molar-refractivity contribution in [3.8, 4) is 0 Å². The first-order valence-electron chi connectivity index (χ1n) is 6.51. The van der Waals surface area contributed by atoms with Crippen molar-refractivity contribution in [2.24, 2.45) is 11.7 Å². The molecule has 1 amide bonds. The number of anilines is 1. The number of rotatable bonds is 6. The Balaban J connectivity index is 2.66. The van der Waals surface area contributed by atoms with Crippen LogP contribution in [0, 0.1) is 5.92 Å². The van der Waals surface area contributed by atoms with E-state index in [-0.39, 0.29) is 11.8 Å². The number of carbonyl (C=O) groups is 2. The number of benzene rings is 1. The lowest BCUT2D eigenvalue weighted by Crippen LogP contribution is -2.40. The van der Waals surface area contributed by atoms with Gasteiger partial charge in [-0.1, -0.05) is 32.4 Å². The number of carboxylic acid groups (broad SMARTS) is 1. The monoisotopic (exact) mass is 276 g/mol. The number of carbonyl (C=O) groups excluding carboxylic acids is 1. The number of nitrogens with two attached hydrogens (primary N) is 1. The molecule has 0 saturated carbocycles. The van der Waals surface area contributed by atoms with Crippen LogP contribution in [0.3, 0.4) is 0 Å². The molecule has 1 aromatic rings. The van der Waals surface area contributed by atoms with Gasteiger partial charge in [-0.05, 0) is 29.7 Å². The maximum Gasteiger partial charge on any atom is 0.328 e. The number of hydrogen-bond donors (Lipinski definition) is 3. The molecule has 5 heteroatoms. The molecule has 0 aliphatic heterocycles. The average Bonchev–Trinajstić information content (AvgIpc) is 2.44. The van der Waals surface area contributed by atoms with Crippen LogP contribution in [-0.2, 0) is 9.59 Å². The Morgan fingerprint density at radius 1 is 1.35 bits per heavy atom. The third-order valence-electron chi connectivity index (χ3n) is 3.16. The van der Waals surface area contributed by atoms with E-state index < -0.39 is 12.0 Å². The Hall–Kier alpha value is -2.14. The summed E-state index contributed by atoms with van der Waals surface area (Å²) >= 11 is 0. The van der Waals surface area contributed by atoms with E-state index in [4.69, 9.17) is 10.8 Å². The molecular formula is C15H20N2O3. The second-order valence-corrected chi connectivity index (χ2v) is 4.69. The van der Waals surface area contributed by atoms with Crippen molar-refractivity contribution < 1.29 is 14.7 Å². The van der Waals surface area contributed by atoms with Crippen LogP contribution in [0.2, 0.25) is 0 Å². The molecule has 1 aromatic carbocycles. The SMILES string of the molecule is CCC(C)C(N)C(=O)Nc1ccc(/C=C/C(=O)O)cc1. The lowest BCUT2D eigenvalue weighted by Gasteiger charge is -2.17. The lowest BCUT2D eigenvalue weighted by molar-refractivity contribution is -0.131. The van der Waals surface area contributed by atoms with Crippen LogP contribution in [0.1, 0.15) is 25.8 Å². The van der Waals surface area contributed by atoms with E-state index in [1.165, 1.54) is 6.08 Å². The number of carboxylic acids is 1. The fourth-order valence-electron chi connectivity index (χ4n) is 1.58. The fraction of sp³-hybridized carbons (Fsp3) is 0.333. The summed E-state index contributed by atoms with van der Waals surface area (Å²) in [5, 5.41) is 11.3. The van der Waals surface area contributed by atoms with Gasteiger partial charge in [0.25, 0.3) is 0 Å². The van der Waals surface area contributed by atoms with E-state index in [1.54, 1.807) is 24.3 Å². The molecule has 0 aliphatic carbocycles. The third-order valence-corrected chi connectivity index (χ3v) is 3.16. The van der Waals surface area contributed by atoms with E-state index in [0.29, 0.717) is 5.69 Å². The normalized spacial score (nSPS) is 13.9. The highest BCUT2D eigenvalue weighted by Crippen LogP contribution is 2.13. The second-order valence-electron chi connectivity index (χ2n) is 4.69. The van der Waals surface area contributed by atoms with Crippen molar-refractivity contribution in [1.82, 2.24) is 0 Å². The molecule has 0 saturated heterocycles. The number of hydrogen-bond acceptors (Lipinski definition) is 3. The van der Waals surface area contributed by atoms with Crippen molar-refractivity contribution in [3.63, 3.8) is 0 Å². The highest BCUT2D eigenvalue weighted by molar-refractivity contribution is 5.95. The smallest absolute Gasteiger partial charge is 0.328 e. The van der Waals surface area contributed by atoms with Crippen LogP contribution in [0.4, 0.5) is 5.69 Å². The molecule has 1 rings (SSSR count). The Morgan fingerprint density at radius 3 is 2.45 bits per heavy atom. The van der Waals surface area contributed by atoms with Gasteiger partial charge in [-0.2, -0.15) is 0 Å². The maximum atomic E-state index is 11.9. The number of amides is 1. The standard InChI is InChI=1S/C15H20N2O3/c1-3-10(2)14(16)15(20)17-12-7-4-11(5-8-12)6-9-13(18)19/h4-10,14H,3,16H2,1-2H3,(H,17,20)(H,18,19)/b9-6+. The maximum absolute atomic E-state index is 11.9. The van der Waals surface area contributed by atoms with Crippen molar-refractivity contribution >= 4 is 23.6 Å². The fourth-order valence-corrected chi connectivity index (χ4v) is 1.58. The van der Waals surface area contributed by atoms with E-state index in [0.717, 1.165) is 18.1 Å². The predicted octanol–water partition coefficient (Wildman–Crippen LogP) is 2.10. The van der Waals surface area contributed by atoms with Crippen LogP contribution in [-0.4, -0.2) is 23.0 Å². The van der Waals surface area contributed by atoms with Crippen LogP contribution < -0.4 is 11.1 Å². The molecule has 2 atom stereocenters. The molecule has 0 fully saturated rings. The summed E-state index contributed by atoms with van der Waals surface area (Å²) in [4.78, 5) is 22.3. The minimum Gasteiger partial charge on any atom is -0.478 e. The molecule has 5 nitrogen and oxygen atoms in total. The lowest BCUT2D eigenvalue weighted by atomic mass is 9.99. The Kier molecular flexibility index (Phi) is 5.93. The minimum absolute atomic E-state index is 0.118. The summed E-state index contributed by atoms with van der Waals surface area (Å²) in [5.41, 5.74) is 7.23. The zero-order chi connectivity index (χ0) is 15.1. The van der Waals surface area contributed by atoms with Gasteiger partial charge in [-0.25, -0.2) is 4.79 Å². The van der Waals surface area contributed by atoms with Gasteiger partial charge in [0.15, 0.2) is 0 Å². The highest BCUT2D eigenvalue weighted by atomic mass is 16.4. The van der Waals surface area contributed by atoms with Gasteiger partial charge in [0.05, 0.1) is 6.04 Å². The Morgan fingerprint density at radius 2 is 1.95 bits per heavy atom. The quantitative estimate of drug-likeness (QED) is 0.694. The number of aliphatic carboxylic acids is 1. The van der Waals surface area contributed by atoms with Gasteiger partial charge in [-0.15, -0.1) is 0 Å². The van der Waals surface area contributed by atoms with Gasteiger partial charge in [0.1, 0.15) is 0 Å².